The summed E-state index contributed by atoms with van der Waals surface area (Å²) in [6, 6.07) is 8.05. The Balaban J connectivity index is 1.94. The maximum Gasteiger partial charge on any atom is 0.122 e. The van der Waals surface area contributed by atoms with Crippen LogP contribution in [0.4, 0.5) is 0 Å². The predicted molar refractivity (Wildman–Crippen MR) is 75.8 cm³/mol. The normalized spacial score (nSPS) is 17.8. The van der Waals surface area contributed by atoms with Gasteiger partial charge < -0.3 is 5.73 Å². The van der Waals surface area contributed by atoms with Gasteiger partial charge in [0.15, 0.2) is 0 Å². The van der Waals surface area contributed by atoms with Crippen molar-refractivity contribution in [3.05, 3.63) is 35.4 Å². The molecule has 1 saturated heterocycles. The monoisotopic (exact) mass is 245 g/mol. The van der Waals surface area contributed by atoms with E-state index in [-0.39, 0.29) is 5.84 Å². The molecule has 0 aliphatic carbocycles. The highest BCUT2D eigenvalue weighted by molar-refractivity contribution is 5.95. The van der Waals surface area contributed by atoms with E-state index in [0.29, 0.717) is 0 Å². The van der Waals surface area contributed by atoms with Gasteiger partial charge in [-0.2, -0.15) is 0 Å². The molecule has 1 heterocycles. The molecule has 0 unspecified atom stereocenters. The number of nitrogen functional groups attached to an aromatic ring is 1. The van der Waals surface area contributed by atoms with E-state index in [1.165, 1.54) is 37.9 Å². The third kappa shape index (κ3) is 3.33. The Morgan fingerprint density at radius 2 is 2.11 bits per heavy atom. The molecule has 2 rings (SSSR count). The van der Waals surface area contributed by atoms with E-state index in [1.807, 2.05) is 18.2 Å². The van der Waals surface area contributed by atoms with Crippen LogP contribution < -0.4 is 5.73 Å². The zero-order chi connectivity index (χ0) is 13.0. The van der Waals surface area contributed by atoms with Crippen LogP contribution in [0.1, 0.15) is 37.3 Å². The van der Waals surface area contributed by atoms with Gasteiger partial charge in [0.05, 0.1) is 0 Å². The van der Waals surface area contributed by atoms with Crippen molar-refractivity contribution < 1.29 is 0 Å². The lowest BCUT2D eigenvalue weighted by Crippen LogP contribution is -2.33. The Kier molecular flexibility index (Phi) is 4.37. The summed E-state index contributed by atoms with van der Waals surface area (Å²) in [7, 11) is 0. The second-order valence-corrected chi connectivity index (χ2v) is 5.24. The van der Waals surface area contributed by atoms with Gasteiger partial charge in [-0.3, -0.25) is 10.3 Å². The third-order valence-electron chi connectivity index (χ3n) is 3.93. The molecule has 3 nitrogen and oxygen atoms in total. The molecule has 0 radical (unpaired) electrons. The molecule has 18 heavy (non-hydrogen) atoms. The lowest BCUT2D eigenvalue weighted by molar-refractivity contribution is 0.175. The van der Waals surface area contributed by atoms with Crippen LogP contribution in [0.5, 0.6) is 0 Å². The molecular formula is C15H23N3. The van der Waals surface area contributed by atoms with Crippen molar-refractivity contribution in [2.45, 2.75) is 32.7 Å². The third-order valence-corrected chi connectivity index (χ3v) is 3.93. The highest BCUT2D eigenvalue weighted by Crippen LogP contribution is 2.21. The van der Waals surface area contributed by atoms with Gasteiger partial charge in [0, 0.05) is 12.1 Å². The number of nitrogens with one attached hydrogen (secondary N) is 1. The Labute approximate surface area is 109 Å². The van der Waals surface area contributed by atoms with Gasteiger partial charge in [-0.25, -0.2) is 0 Å². The van der Waals surface area contributed by atoms with Crippen molar-refractivity contribution in [1.82, 2.24) is 4.90 Å². The minimum atomic E-state index is 0.154. The summed E-state index contributed by atoms with van der Waals surface area (Å²) in [5.74, 6) is 1.08. The average molecular weight is 245 g/mol. The van der Waals surface area contributed by atoms with Gasteiger partial charge in [0.1, 0.15) is 5.84 Å². The molecule has 1 aromatic carbocycles. The van der Waals surface area contributed by atoms with Gasteiger partial charge >= 0.3 is 0 Å². The van der Waals surface area contributed by atoms with Crippen LogP contribution in [0.2, 0.25) is 0 Å². The minimum Gasteiger partial charge on any atom is -0.384 e. The average Bonchev–Trinajstić information content (AvgIpc) is 2.40. The highest BCUT2D eigenvalue weighted by atomic mass is 15.1. The highest BCUT2D eigenvalue weighted by Gasteiger charge is 2.17. The summed E-state index contributed by atoms with van der Waals surface area (Å²) in [5.41, 5.74) is 7.61. The number of amidine groups is 1. The van der Waals surface area contributed by atoms with Crippen molar-refractivity contribution in [3.8, 4) is 0 Å². The SMILES string of the molecule is CCC1CCN(Cc2cccc(C(=N)N)c2)CC1. The quantitative estimate of drug-likeness (QED) is 0.633. The number of hydrogen-bond donors (Lipinski definition) is 2. The lowest BCUT2D eigenvalue weighted by Gasteiger charge is -2.31. The van der Waals surface area contributed by atoms with Crippen LogP contribution in [0.15, 0.2) is 24.3 Å². The largest absolute Gasteiger partial charge is 0.384 e. The molecule has 1 fully saturated rings. The first-order valence-corrected chi connectivity index (χ1v) is 6.84. The van der Waals surface area contributed by atoms with Crippen molar-refractivity contribution in [3.63, 3.8) is 0 Å². The fourth-order valence-electron chi connectivity index (χ4n) is 2.65. The molecule has 0 saturated carbocycles. The summed E-state index contributed by atoms with van der Waals surface area (Å²) in [5, 5.41) is 7.47. The Morgan fingerprint density at radius 1 is 1.39 bits per heavy atom. The lowest BCUT2D eigenvalue weighted by atomic mass is 9.94. The van der Waals surface area contributed by atoms with Gasteiger partial charge in [0.2, 0.25) is 0 Å². The van der Waals surface area contributed by atoms with Crippen LogP contribution in [-0.4, -0.2) is 23.8 Å². The zero-order valence-corrected chi connectivity index (χ0v) is 11.2. The molecule has 0 aromatic heterocycles. The Hall–Kier alpha value is -1.35. The van der Waals surface area contributed by atoms with E-state index in [2.05, 4.69) is 17.9 Å². The second-order valence-electron chi connectivity index (χ2n) is 5.24. The molecule has 0 atom stereocenters. The number of nitrogens with two attached hydrogens (primary N) is 1. The predicted octanol–water partition coefficient (Wildman–Crippen LogP) is 2.59. The summed E-state index contributed by atoms with van der Waals surface area (Å²) in [6.07, 6.45) is 3.96. The standard InChI is InChI=1S/C15H23N3/c1-2-12-6-8-18(9-7-12)11-13-4-3-5-14(10-13)15(16)17/h3-5,10,12H,2,6-9,11H2,1H3,(H3,16,17). The minimum absolute atomic E-state index is 0.154. The molecule has 1 aliphatic rings. The van der Waals surface area contributed by atoms with E-state index in [0.717, 1.165) is 18.0 Å². The number of likely N-dealkylation sites (tertiary alicyclic amines) is 1. The second kappa shape index (κ2) is 6.01. The molecule has 0 bridgehead atoms. The van der Waals surface area contributed by atoms with E-state index < -0.39 is 0 Å². The maximum atomic E-state index is 7.47. The Bertz CT molecular complexity index is 406. The van der Waals surface area contributed by atoms with Gasteiger partial charge in [0.25, 0.3) is 0 Å². The van der Waals surface area contributed by atoms with Crippen LogP contribution in [0, 0.1) is 11.3 Å². The van der Waals surface area contributed by atoms with Gasteiger partial charge in [-0.1, -0.05) is 31.5 Å². The molecule has 0 spiro atoms. The van der Waals surface area contributed by atoms with Crippen LogP contribution >= 0.6 is 0 Å². The summed E-state index contributed by atoms with van der Waals surface area (Å²) >= 11 is 0. The van der Waals surface area contributed by atoms with Crippen LogP contribution in [0.3, 0.4) is 0 Å². The summed E-state index contributed by atoms with van der Waals surface area (Å²) in [6.45, 7) is 5.67. The first-order chi connectivity index (χ1) is 8.69. The van der Waals surface area contributed by atoms with E-state index >= 15 is 0 Å². The van der Waals surface area contributed by atoms with E-state index in [1.54, 1.807) is 0 Å². The molecule has 3 heteroatoms. The van der Waals surface area contributed by atoms with Gasteiger partial charge in [-0.05, 0) is 43.5 Å². The van der Waals surface area contributed by atoms with Crippen molar-refractivity contribution in [1.29, 1.82) is 5.41 Å². The van der Waals surface area contributed by atoms with Crippen LogP contribution in [0.25, 0.3) is 0 Å². The fraction of sp³-hybridized carbons (Fsp3) is 0.533. The number of nitrogens with zero attached hydrogens (tertiary/aromatic N) is 1. The molecule has 98 valence electrons. The van der Waals surface area contributed by atoms with E-state index in [9.17, 15) is 0 Å². The number of piperidine rings is 1. The summed E-state index contributed by atoms with van der Waals surface area (Å²) in [4.78, 5) is 2.51. The van der Waals surface area contributed by atoms with Crippen molar-refractivity contribution in [2.24, 2.45) is 11.7 Å². The van der Waals surface area contributed by atoms with Gasteiger partial charge in [-0.15, -0.1) is 0 Å². The molecule has 0 amide bonds. The van der Waals surface area contributed by atoms with Crippen molar-refractivity contribution in [2.75, 3.05) is 13.1 Å². The first-order valence-electron chi connectivity index (χ1n) is 6.84. The molecule has 3 N–H and O–H groups in total. The van der Waals surface area contributed by atoms with Crippen molar-refractivity contribution >= 4 is 5.84 Å². The fourth-order valence-corrected chi connectivity index (χ4v) is 2.65. The number of rotatable bonds is 4. The number of benzene rings is 1. The van der Waals surface area contributed by atoms with E-state index in [4.69, 9.17) is 11.1 Å². The zero-order valence-electron chi connectivity index (χ0n) is 11.2. The molecular weight excluding hydrogens is 222 g/mol. The number of hydrogen-bond acceptors (Lipinski definition) is 2. The summed E-state index contributed by atoms with van der Waals surface area (Å²) < 4.78 is 0. The first kappa shape index (κ1) is 13.1. The van der Waals surface area contributed by atoms with Crippen LogP contribution in [-0.2, 0) is 6.54 Å². The molecule has 1 aromatic rings. The maximum absolute atomic E-state index is 7.47. The smallest absolute Gasteiger partial charge is 0.122 e. The molecule has 1 aliphatic heterocycles. The Morgan fingerprint density at radius 3 is 2.72 bits per heavy atom. The topological polar surface area (TPSA) is 53.1 Å².